The largest absolute Gasteiger partial charge is 0.478 e. The molecule has 0 bridgehead atoms. The van der Waals surface area contributed by atoms with Gasteiger partial charge in [-0.15, -0.1) is 0 Å². The van der Waals surface area contributed by atoms with Crippen molar-refractivity contribution in [3.05, 3.63) is 23.2 Å². The second-order valence-corrected chi connectivity index (χ2v) is 5.39. The number of hydrogen-bond acceptors (Lipinski definition) is 3. The molecule has 1 aliphatic heterocycles. The van der Waals surface area contributed by atoms with E-state index in [2.05, 4.69) is 0 Å². The maximum Gasteiger partial charge on any atom is 0.339 e. The van der Waals surface area contributed by atoms with Gasteiger partial charge in [0.2, 0.25) is 0 Å². The highest BCUT2D eigenvalue weighted by molar-refractivity contribution is 5.97. The van der Waals surface area contributed by atoms with E-state index in [0.717, 1.165) is 25.8 Å². The van der Waals surface area contributed by atoms with Crippen molar-refractivity contribution in [2.45, 2.75) is 44.6 Å². The number of amides is 1. The summed E-state index contributed by atoms with van der Waals surface area (Å²) in [6.07, 6.45) is 4.83. The van der Waals surface area contributed by atoms with Gasteiger partial charge in [-0.2, -0.15) is 0 Å². The number of furan rings is 1. The quantitative estimate of drug-likeness (QED) is 0.908. The van der Waals surface area contributed by atoms with Gasteiger partial charge in [0.1, 0.15) is 11.3 Å². The Labute approximate surface area is 111 Å². The highest BCUT2D eigenvalue weighted by Gasteiger charge is 2.51. The predicted octanol–water partition coefficient (Wildman–Crippen LogP) is 2.31. The molecule has 2 aliphatic rings. The molecule has 0 aromatic carbocycles. The van der Waals surface area contributed by atoms with Crippen LogP contribution in [0.15, 0.2) is 10.5 Å². The van der Waals surface area contributed by atoms with E-state index in [4.69, 9.17) is 9.52 Å². The minimum absolute atomic E-state index is 0.0552. The Morgan fingerprint density at radius 2 is 2.16 bits per heavy atom. The Morgan fingerprint density at radius 3 is 2.53 bits per heavy atom. The molecule has 1 amide bonds. The molecule has 19 heavy (non-hydrogen) atoms. The van der Waals surface area contributed by atoms with Crippen molar-refractivity contribution < 1.29 is 19.1 Å². The van der Waals surface area contributed by atoms with E-state index in [1.165, 1.54) is 12.5 Å². The molecule has 1 saturated carbocycles. The average molecular weight is 263 g/mol. The van der Waals surface area contributed by atoms with Crippen LogP contribution in [-0.4, -0.2) is 34.0 Å². The van der Waals surface area contributed by atoms with E-state index in [-0.39, 0.29) is 22.8 Å². The highest BCUT2D eigenvalue weighted by Crippen LogP contribution is 2.47. The van der Waals surface area contributed by atoms with Gasteiger partial charge < -0.3 is 14.4 Å². The summed E-state index contributed by atoms with van der Waals surface area (Å²) in [6, 6.07) is 1.37. The lowest BCUT2D eigenvalue weighted by molar-refractivity contribution is -0.0504. The molecular weight excluding hydrogens is 246 g/mol. The van der Waals surface area contributed by atoms with Crippen LogP contribution in [0.2, 0.25) is 0 Å². The van der Waals surface area contributed by atoms with Crippen molar-refractivity contribution in [2.75, 3.05) is 6.54 Å². The number of carboxylic acids is 1. The first-order valence-electron chi connectivity index (χ1n) is 6.75. The summed E-state index contributed by atoms with van der Waals surface area (Å²) >= 11 is 0. The Kier molecular flexibility index (Phi) is 2.66. The van der Waals surface area contributed by atoms with Gasteiger partial charge in [0, 0.05) is 24.6 Å². The highest BCUT2D eigenvalue weighted by atomic mass is 16.4. The van der Waals surface area contributed by atoms with E-state index < -0.39 is 5.97 Å². The number of rotatable bonds is 3. The van der Waals surface area contributed by atoms with Crippen LogP contribution in [0.5, 0.6) is 0 Å². The minimum Gasteiger partial charge on any atom is -0.478 e. The first kappa shape index (κ1) is 12.3. The molecule has 5 heteroatoms. The summed E-state index contributed by atoms with van der Waals surface area (Å²) in [4.78, 5) is 25.3. The van der Waals surface area contributed by atoms with E-state index in [0.29, 0.717) is 12.2 Å². The summed E-state index contributed by atoms with van der Waals surface area (Å²) in [5.74, 6) is -0.658. The van der Waals surface area contributed by atoms with Crippen molar-refractivity contribution in [1.29, 1.82) is 0 Å². The molecule has 2 fully saturated rings. The van der Waals surface area contributed by atoms with Gasteiger partial charge in [-0.05, 0) is 25.7 Å². The molecule has 1 spiro atoms. The average Bonchev–Trinajstić information content (AvgIpc) is 2.69. The van der Waals surface area contributed by atoms with Gasteiger partial charge in [-0.25, -0.2) is 4.79 Å². The molecule has 102 valence electrons. The number of nitrogens with zero attached hydrogens (tertiary/aromatic N) is 1. The number of aryl methyl sites for hydroxylation is 1. The number of aromatic carboxylic acids is 1. The standard InChI is InChI=1S/C14H17NO4/c1-2-10-9(13(17)18)8-11(19-10)12(16)15-7-6-14(15)4-3-5-14/h8H,2-7H2,1H3,(H,17,18). The third-order valence-corrected chi connectivity index (χ3v) is 4.47. The van der Waals surface area contributed by atoms with Crippen LogP contribution in [0.25, 0.3) is 0 Å². The van der Waals surface area contributed by atoms with Gasteiger partial charge >= 0.3 is 5.97 Å². The number of likely N-dealkylation sites (tertiary alicyclic amines) is 1. The summed E-state index contributed by atoms with van der Waals surface area (Å²) in [5.41, 5.74) is 0.161. The van der Waals surface area contributed by atoms with Crippen molar-refractivity contribution in [2.24, 2.45) is 0 Å². The molecule has 0 unspecified atom stereocenters. The molecule has 3 rings (SSSR count). The van der Waals surface area contributed by atoms with E-state index in [9.17, 15) is 9.59 Å². The molecule has 2 heterocycles. The summed E-state index contributed by atoms with van der Waals surface area (Å²) in [6.45, 7) is 2.57. The lowest BCUT2D eigenvalue weighted by Gasteiger charge is -2.58. The third kappa shape index (κ3) is 1.68. The Bertz CT molecular complexity index is 536. The fourth-order valence-electron chi connectivity index (χ4n) is 3.07. The fraction of sp³-hybridized carbons (Fsp3) is 0.571. The zero-order chi connectivity index (χ0) is 13.6. The first-order valence-corrected chi connectivity index (χ1v) is 6.75. The molecular formula is C14H17NO4. The first-order chi connectivity index (χ1) is 9.07. The second kappa shape index (κ2) is 4.11. The maximum atomic E-state index is 12.4. The van der Waals surface area contributed by atoms with Crippen molar-refractivity contribution in [1.82, 2.24) is 4.90 Å². The normalized spacial score (nSPS) is 19.9. The van der Waals surface area contributed by atoms with Gasteiger partial charge in [0.15, 0.2) is 5.76 Å². The predicted molar refractivity (Wildman–Crippen MR) is 67.3 cm³/mol. The Morgan fingerprint density at radius 1 is 1.42 bits per heavy atom. The molecule has 1 aromatic heterocycles. The second-order valence-electron chi connectivity index (χ2n) is 5.39. The number of hydrogen-bond donors (Lipinski definition) is 1. The molecule has 1 aliphatic carbocycles. The topological polar surface area (TPSA) is 70.8 Å². The van der Waals surface area contributed by atoms with Crippen LogP contribution in [-0.2, 0) is 6.42 Å². The zero-order valence-corrected chi connectivity index (χ0v) is 10.9. The van der Waals surface area contributed by atoms with Crippen molar-refractivity contribution >= 4 is 11.9 Å². The van der Waals surface area contributed by atoms with Gasteiger partial charge in [-0.1, -0.05) is 6.92 Å². The number of carbonyl (C=O) groups excluding carboxylic acids is 1. The van der Waals surface area contributed by atoms with Crippen LogP contribution in [0, 0.1) is 0 Å². The summed E-state index contributed by atoms with van der Waals surface area (Å²) < 4.78 is 5.43. The maximum absolute atomic E-state index is 12.4. The van der Waals surface area contributed by atoms with E-state index in [1.54, 1.807) is 0 Å². The van der Waals surface area contributed by atoms with E-state index in [1.807, 2.05) is 11.8 Å². The summed E-state index contributed by atoms with van der Waals surface area (Å²) in [5, 5.41) is 9.08. The Balaban J connectivity index is 1.86. The molecule has 1 saturated heterocycles. The molecule has 1 N–H and O–H groups in total. The van der Waals surface area contributed by atoms with Crippen LogP contribution in [0.4, 0.5) is 0 Å². The lowest BCUT2D eigenvalue weighted by atomic mass is 9.68. The SMILES string of the molecule is CCc1oc(C(=O)N2CCC23CCC3)cc1C(=O)O. The number of carboxylic acid groups (broad SMARTS) is 1. The van der Waals surface area contributed by atoms with Crippen LogP contribution in [0.3, 0.4) is 0 Å². The molecule has 0 atom stereocenters. The van der Waals surface area contributed by atoms with Gasteiger partial charge in [0.05, 0.1) is 0 Å². The third-order valence-electron chi connectivity index (χ3n) is 4.47. The number of carbonyl (C=O) groups is 2. The monoisotopic (exact) mass is 263 g/mol. The molecule has 0 radical (unpaired) electrons. The smallest absolute Gasteiger partial charge is 0.339 e. The molecule has 5 nitrogen and oxygen atoms in total. The molecule has 1 aromatic rings. The van der Waals surface area contributed by atoms with Crippen LogP contribution >= 0.6 is 0 Å². The van der Waals surface area contributed by atoms with Gasteiger partial charge in [-0.3, -0.25) is 4.79 Å². The minimum atomic E-state index is -1.04. The van der Waals surface area contributed by atoms with Crippen LogP contribution in [0.1, 0.15) is 59.3 Å². The zero-order valence-electron chi connectivity index (χ0n) is 10.9. The van der Waals surface area contributed by atoms with Crippen LogP contribution < -0.4 is 0 Å². The van der Waals surface area contributed by atoms with Crippen molar-refractivity contribution in [3.63, 3.8) is 0 Å². The summed E-state index contributed by atoms with van der Waals surface area (Å²) in [7, 11) is 0. The lowest BCUT2D eigenvalue weighted by Crippen LogP contribution is -2.65. The van der Waals surface area contributed by atoms with Gasteiger partial charge in [0.25, 0.3) is 5.91 Å². The fourth-order valence-corrected chi connectivity index (χ4v) is 3.07. The van der Waals surface area contributed by atoms with E-state index >= 15 is 0 Å². The Hall–Kier alpha value is -1.78. The van der Waals surface area contributed by atoms with Crippen molar-refractivity contribution in [3.8, 4) is 0 Å².